The maximum absolute atomic E-state index is 14.7. The minimum atomic E-state index is -0.659. The van der Waals surface area contributed by atoms with Crippen LogP contribution < -0.4 is 10.6 Å². The van der Waals surface area contributed by atoms with Gasteiger partial charge in [0.1, 0.15) is 35.2 Å². The van der Waals surface area contributed by atoms with Gasteiger partial charge in [-0.05, 0) is 87.2 Å². The summed E-state index contributed by atoms with van der Waals surface area (Å²) >= 11 is 1.35. The summed E-state index contributed by atoms with van der Waals surface area (Å²) in [5, 5.41) is 18.6. The molecule has 0 radical (unpaired) electrons. The first-order chi connectivity index (χ1) is 29.3. The summed E-state index contributed by atoms with van der Waals surface area (Å²) in [5.41, 5.74) is 2.03. The number of nitrogens with zero attached hydrogens (tertiary/aromatic N) is 3. The maximum atomic E-state index is 14.7. The normalized spacial score (nSPS) is 17.4. The molecule has 0 saturated carbocycles. The molecule has 2 aromatic carbocycles. The molecule has 3 aromatic rings. The summed E-state index contributed by atoms with van der Waals surface area (Å²) in [6, 6.07) is 14.7. The lowest BCUT2D eigenvalue weighted by molar-refractivity contribution is -0.149. The van der Waals surface area contributed by atoms with Gasteiger partial charge in [-0.15, -0.1) is 11.3 Å². The first-order valence-electron chi connectivity index (χ1n) is 22.4. The third kappa shape index (κ3) is 14.9. The van der Waals surface area contributed by atoms with Crippen molar-refractivity contribution >= 4 is 35.0 Å². The number of likely N-dealkylation sites (N-methyl/N-ethyl adjacent to an activating group) is 1. The van der Waals surface area contributed by atoms with E-state index in [2.05, 4.69) is 43.2 Å². The fourth-order valence-electron chi connectivity index (χ4n) is 7.98. The maximum Gasteiger partial charge on any atom is 0.309 e. The highest BCUT2D eigenvalue weighted by Gasteiger charge is 2.38. The van der Waals surface area contributed by atoms with E-state index in [4.69, 9.17) is 14.5 Å². The summed E-state index contributed by atoms with van der Waals surface area (Å²) < 4.78 is 12.1. The third-order valence-electron chi connectivity index (χ3n) is 11.8. The molecule has 0 spiro atoms. The van der Waals surface area contributed by atoms with Gasteiger partial charge in [0.15, 0.2) is 0 Å². The molecule has 4 rings (SSSR count). The average molecular weight is 862 g/mol. The van der Waals surface area contributed by atoms with E-state index in [0.29, 0.717) is 37.4 Å². The van der Waals surface area contributed by atoms with Crippen molar-refractivity contribution in [2.75, 3.05) is 26.7 Å². The number of nitrogens with one attached hydrogen (secondary N) is 2. The molecule has 1 fully saturated rings. The van der Waals surface area contributed by atoms with Crippen LogP contribution in [0.5, 0.6) is 5.75 Å². The summed E-state index contributed by atoms with van der Waals surface area (Å²) in [4.78, 5) is 64.4. The van der Waals surface area contributed by atoms with Gasteiger partial charge >= 0.3 is 5.97 Å². The molecule has 3 N–H and O–H groups in total. The number of likely N-dealkylation sites (tertiary alicyclic amines) is 1. The number of thiazole rings is 1. The summed E-state index contributed by atoms with van der Waals surface area (Å²) in [6.45, 7) is 16.2. The quantitative estimate of drug-likeness (QED) is 0.0760. The number of benzene rings is 2. The van der Waals surface area contributed by atoms with Gasteiger partial charge in [-0.3, -0.25) is 24.1 Å². The van der Waals surface area contributed by atoms with Gasteiger partial charge in [0.05, 0.1) is 12.0 Å². The van der Waals surface area contributed by atoms with Crippen LogP contribution in [0.3, 0.4) is 0 Å². The van der Waals surface area contributed by atoms with E-state index < -0.39 is 24.1 Å². The number of aromatic nitrogens is 1. The van der Waals surface area contributed by atoms with Crippen molar-refractivity contribution in [1.29, 1.82) is 0 Å². The van der Waals surface area contributed by atoms with Crippen molar-refractivity contribution in [3.63, 3.8) is 0 Å². The van der Waals surface area contributed by atoms with Gasteiger partial charge < -0.3 is 30.1 Å². The molecule has 0 aliphatic carbocycles. The molecule has 12 nitrogen and oxygen atoms in total. The first kappa shape index (κ1) is 49.3. The van der Waals surface area contributed by atoms with E-state index in [1.807, 2.05) is 56.1 Å². The molecule has 1 aliphatic heterocycles. The molecule has 3 amide bonds. The number of carbonyl (C=O) groups excluding carboxylic acids is 4. The molecule has 7 atom stereocenters. The van der Waals surface area contributed by atoms with E-state index in [-0.39, 0.29) is 65.7 Å². The highest BCUT2D eigenvalue weighted by molar-refractivity contribution is 7.09. The smallest absolute Gasteiger partial charge is 0.309 e. The average Bonchev–Trinajstić information content (AvgIpc) is 3.75. The Balaban J connectivity index is 1.54. The Bertz CT molecular complexity index is 1800. The predicted octanol–water partition coefficient (Wildman–Crippen LogP) is 8.10. The number of aromatic hydroxyl groups is 1. The van der Waals surface area contributed by atoms with Crippen molar-refractivity contribution in [2.24, 2.45) is 17.8 Å². The molecule has 1 aliphatic rings. The fourth-order valence-corrected chi connectivity index (χ4v) is 8.84. The lowest BCUT2D eigenvalue weighted by Gasteiger charge is -2.40. The van der Waals surface area contributed by atoms with E-state index in [9.17, 15) is 24.3 Å². The Morgan fingerprint density at radius 3 is 2.30 bits per heavy atom. The van der Waals surface area contributed by atoms with Crippen molar-refractivity contribution < 1.29 is 33.8 Å². The predicted molar refractivity (Wildman–Crippen MR) is 241 cm³/mol. The van der Waals surface area contributed by atoms with Gasteiger partial charge in [-0.2, -0.15) is 0 Å². The molecule has 61 heavy (non-hydrogen) atoms. The van der Waals surface area contributed by atoms with Gasteiger partial charge in [0.25, 0.3) is 5.91 Å². The van der Waals surface area contributed by atoms with Crippen LogP contribution >= 0.6 is 11.3 Å². The number of phenols is 1. The van der Waals surface area contributed by atoms with Crippen molar-refractivity contribution in [3.8, 4) is 5.75 Å². The minimum absolute atomic E-state index is 0.0609. The lowest BCUT2D eigenvalue weighted by Crippen LogP contribution is -2.58. The third-order valence-corrected chi connectivity index (χ3v) is 12.7. The van der Waals surface area contributed by atoms with Crippen LogP contribution in [0.1, 0.15) is 133 Å². The van der Waals surface area contributed by atoms with Gasteiger partial charge in [0.2, 0.25) is 11.8 Å². The van der Waals surface area contributed by atoms with Crippen LogP contribution in [0.2, 0.25) is 0 Å². The van der Waals surface area contributed by atoms with E-state index in [1.165, 1.54) is 11.3 Å². The highest BCUT2D eigenvalue weighted by atomic mass is 32.1. The molecule has 1 saturated heterocycles. The Morgan fingerprint density at radius 2 is 1.66 bits per heavy atom. The van der Waals surface area contributed by atoms with Crippen LogP contribution in [-0.4, -0.2) is 94.5 Å². The molecule has 0 bridgehead atoms. The Labute approximate surface area is 368 Å². The zero-order valence-electron chi connectivity index (χ0n) is 37.7. The van der Waals surface area contributed by atoms with Gasteiger partial charge in [-0.25, -0.2) is 4.98 Å². The first-order valence-corrected chi connectivity index (χ1v) is 23.3. The second kappa shape index (κ2) is 24.9. The number of ether oxygens (including phenoxy) is 2. The summed E-state index contributed by atoms with van der Waals surface area (Å²) in [6.07, 6.45) is 5.84. The highest BCUT2D eigenvalue weighted by Crippen LogP contribution is 2.32. The van der Waals surface area contributed by atoms with Gasteiger partial charge in [0, 0.05) is 37.0 Å². The zero-order valence-corrected chi connectivity index (χ0v) is 38.5. The topological polar surface area (TPSA) is 150 Å². The van der Waals surface area contributed by atoms with Crippen LogP contribution in [0.25, 0.3) is 0 Å². The Kier molecular flexibility index (Phi) is 20.2. The van der Waals surface area contributed by atoms with Gasteiger partial charge in [-0.1, -0.05) is 104 Å². The molecule has 1 unspecified atom stereocenters. The number of hydrogen-bond acceptors (Lipinski definition) is 10. The molecule has 1 aromatic heterocycles. The SMILES string of the molecule is CCCO[C@H](C[C@H](C(C)C)N(CCC)C(=O)[C@@H](NC(=O)[C@H]1CCCCN1C)[C@@H](C)CC)c1nc(C(=O)NC(Cc2ccc(O)cc2)C[C@H](C)C(=O)OCc2ccccc2)cs1. The van der Waals surface area contributed by atoms with Crippen LogP contribution in [0.15, 0.2) is 60.0 Å². The lowest BCUT2D eigenvalue weighted by atomic mass is 9.92. The van der Waals surface area contributed by atoms with Crippen molar-refractivity contribution in [3.05, 3.63) is 81.8 Å². The number of piperidine rings is 1. The zero-order chi connectivity index (χ0) is 44.5. The second-order valence-electron chi connectivity index (χ2n) is 17.1. The molecule has 2 heterocycles. The Hall–Kier alpha value is -4.33. The van der Waals surface area contributed by atoms with Crippen LogP contribution in [0.4, 0.5) is 0 Å². The van der Waals surface area contributed by atoms with E-state index in [0.717, 1.165) is 56.2 Å². The minimum Gasteiger partial charge on any atom is -0.508 e. The number of phenolic OH excluding ortho intramolecular Hbond substituents is 1. The van der Waals surface area contributed by atoms with Crippen LogP contribution in [0, 0.1) is 17.8 Å². The fraction of sp³-hybridized carbons (Fsp3) is 0.604. The summed E-state index contributed by atoms with van der Waals surface area (Å²) in [7, 11) is 1.98. The number of hydrogen-bond donors (Lipinski definition) is 3. The molecular formula is C48H71N5O7S. The van der Waals surface area contributed by atoms with E-state index >= 15 is 0 Å². The van der Waals surface area contributed by atoms with Crippen molar-refractivity contribution in [1.82, 2.24) is 25.4 Å². The molecular weight excluding hydrogens is 791 g/mol. The standard InChI is InChI=1S/C48H71N5O7S/c1-9-24-53(47(57)43(33(6)11-3)51-45(56)40-19-15-16-25-52(40)8)41(32(4)5)29-42(59-26-10-2)46-50-39(31-61-46)44(55)49-37(28-35-20-22-38(54)23-21-35)27-34(7)48(58)60-30-36-17-13-12-14-18-36/h12-14,17-18,20-23,31-34,37,40-43,54H,9-11,15-16,19,24-30H2,1-8H3,(H,49,55)(H,51,56)/t33-,34-,37?,40+,41+,42+,43-/m0/s1. The van der Waals surface area contributed by atoms with E-state index in [1.54, 1.807) is 36.6 Å². The van der Waals surface area contributed by atoms with Crippen molar-refractivity contribution in [2.45, 2.75) is 143 Å². The number of amides is 3. The van der Waals surface area contributed by atoms with Crippen LogP contribution in [-0.2, 0) is 36.9 Å². The number of rotatable bonds is 24. The largest absolute Gasteiger partial charge is 0.508 e. The monoisotopic (exact) mass is 862 g/mol. The number of carbonyl (C=O) groups is 4. The summed E-state index contributed by atoms with van der Waals surface area (Å²) in [5.74, 6) is -1.26. The Morgan fingerprint density at radius 1 is 0.934 bits per heavy atom. The number of esters is 1. The molecule has 13 heteroatoms. The molecule has 336 valence electrons. The second-order valence-corrected chi connectivity index (χ2v) is 18.0.